The second-order valence-corrected chi connectivity index (χ2v) is 7.92. The molecule has 0 saturated heterocycles. The summed E-state index contributed by atoms with van der Waals surface area (Å²) in [5.74, 6) is -1.30. The van der Waals surface area contributed by atoms with Gasteiger partial charge in [0.1, 0.15) is 12.4 Å². The van der Waals surface area contributed by atoms with Crippen molar-refractivity contribution in [3.8, 4) is 22.5 Å². The minimum atomic E-state index is -0.468. The maximum absolute atomic E-state index is 13.1. The third-order valence-corrected chi connectivity index (χ3v) is 5.34. The van der Waals surface area contributed by atoms with Crippen molar-refractivity contribution in [2.24, 2.45) is 16.5 Å². The molecule has 0 aliphatic heterocycles. The summed E-state index contributed by atoms with van der Waals surface area (Å²) in [7, 11) is 0. The fourth-order valence-corrected chi connectivity index (χ4v) is 3.78. The number of amides is 2. The molecule has 0 radical (unpaired) electrons. The van der Waals surface area contributed by atoms with Crippen LogP contribution in [0.25, 0.3) is 22.5 Å². The van der Waals surface area contributed by atoms with Gasteiger partial charge in [-0.15, -0.1) is 0 Å². The fourth-order valence-electron chi connectivity index (χ4n) is 3.78. The van der Waals surface area contributed by atoms with Crippen LogP contribution in [-0.4, -0.2) is 22.3 Å². The van der Waals surface area contributed by atoms with Crippen LogP contribution in [0.15, 0.2) is 96.0 Å². The summed E-state index contributed by atoms with van der Waals surface area (Å²) in [5, 5.41) is 2.84. The van der Waals surface area contributed by atoms with Crippen LogP contribution in [0, 0.1) is 5.82 Å². The van der Waals surface area contributed by atoms with Crippen molar-refractivity contribution >= 4 is 23.5 Å². The second-order valence-electron chi connectivity index (χ2n) is 7.92. The molecule has 7 nitrogen and oxygen atoms in total. The van der Waals surface area contributed by atoms with Crippen LogP contribution < -0.4 is 16.8 Å². The van der Waals surface area contributed by atoms with E-state index in [0.717, 1.165) is 28.1 Å². The molecular formula is C27H24FN5O2. The number of guanidine groups is 1. The molecule has 1 heterocycles. The summed E-state index contributed by atoms with van der Waals surface area (Å²) in [5.41, 5.74) is 15.5. The topological polar surface area (TPSA) is 116 Å². The Balaban J connectivity index is 1.56. The molecule has 0 spiro atoms. The maximum atomic E-state index is 13.1. The molecule has 0 aliphatic carbocycles. The van der Waals surface area contributed by atoms with Crippen molar-refractivity contribution in [2.75, 3.05) is 5.32 Å². The second kappa shape index (κ2) is 10.5. The zero-order valence-corrected chi connectivity index (χ0v) is 18.8. The number of carbonyl (C=O) groups is 2. The van der Waals surface area contributed by atoms with Gasteiger partial charge in [-0.25, -0.2) is 4.39 Å². The minimum absolute atomic E-state index is 0.0411. The van der Waals surface area contributed by atoms with Gasteiger partial charge in [0.15, 0.2) is 5.96 Å². The number of nitrogens with one attached hydrogen (secondary N) is 1. The van der Waals surface area contributed by atoms with E-state index in [1.54, 1.807) is 24.3 Å². The van der Waals surface area contributed by atoms with Crippen LogP contribution in [0.4, 0.5) is 10.1 Å². The lowest BCUT2D eigenvalue weighted by molar-refractivity contribution is -0.118. The van der Waals surface area contributed by atoms with Gasteiger partial charge >= 0.3 is 0 Å². The van der Waals surface area contributed by atoms with Crippen molar-refractivity contribution in [3.63, 3.8) is 0 Å². The average molecular weight is 470 g/mol. The van der Waals surface area contributed by atoms with Crippen LogP contribution in [0.1, 0.15) is 5.56 Å². The van der Waals surface area contributed by atoms with E-state index in [0.29, 0.717) is 5.69 Å². The van der Waals surface area contributed by atoms with Gasteiger partial charge < -0.3 is 21.4 Å². The Morgan fingerprint density at radius 3 is 2.00 bits per heavy atom. The number of aromatic nitrogens is 1. The normalized spacial score (nSPS) is 10.5. The molecule has 2 amide bonds. The molecule has 0 bridgehead atoms. The van der Waals surface area contributed by atoms with Crippen molar-refractivity contribution in [1.29, 1.82) is 0 Å². The Labute approximate surface area is 201 Å². The molecular weight excluding hydrogens is 445 g/mol. The van der Waals surface area contributed by atoms with Crippen LogP contribution in [0.3, 0.4) is 0 Å². The number of nitrogens with zero attached hydrogens (tertiary/aromatic N) is 2. The standard InChI is InChI=1S/C27H24FN5O2/c28-21-10-6-18(7-11-21)16-25(34)31-22-12-8-20(9-13-22)24-15-14-23(19-4-2-1-3-5-19)33(24)17-26(35)32-27(29)30/h1-15H,16-17H2,(H,31,34)(H4,29,30,32,35). The largest absolute Gasteiger partial charge is 0.370 e. The number of hydrogen-bond donors (Lipinski definition) is 3. The zero-order chi connectivity index (χ0) is 24.8. The summed E-state index contributed by atoms with van der Waals surface area (Å²) < 4.78 is 14.9. The van der Waals surface area contributed by atoms with Gasteiger partial charge in [0.05, 0.1) is 6.42 Å². The van der Waals surface area contributed by atoms with E-state index in [4.69, 9.17) is 11.5 Å². The Hall–Kier alpha value is -4.72. The molecule has 0 unspecified atom stereocenters. The van der Waals surface area contributed by atoms with E-state index in [-0.39, 0.29) is 30.6 Å². The van der Waals surface area contributed by atoms with Crippen LogP contribution in [0.2, 0.25) is 0 Å². The van der Waals surface area contributed by atoms with E-state index in [9.17, 15) is 14.0 Å². The first-order valence-corrected chi connectivity index (χ1v) is 10.9. The lowest BCUT2D eigenvalue weighted by Gasteiger charge is -2.13. The van der Waals surface area contributed by atoms with E-state index < -0.39 is 5.91 Å². The number of rotatable bonds is 7. The number of benzene rings is 3. The number of carbonyl (C=O) groups excluding carboxylic acids is 2. The first-order chi connectivity index (χ1) is 16.9. The van der Waals surface area contributed by atoms with E-state index in [1.807, 2.05) is 59.2 Å². The van der Waals surface area contributed by atoms with Crippen LogP contribution in [0.5, 0.6) is 0 Å². The van der Waals surface area contributed by atoms with Crippen molar-refractivity contribution < 1.29 is 14.0 Å². The average Bonchev–Trinajstić information content (AvgIpc) is 3.24. The SMILES string of the molecule is NC(N)=NC(=O)Cn1c(-c2ccccc2)ccc1-c1ccc(NC(=O)Cc2ccc(F)cc2)cc1. The van der Waals surface area contributed by atoms with Gasteiger partial charge in [0, 0.05) is 17.1 Å². The molecule has 0 fully saturated rings. The highest BCUT2D eigenvalue weighted by atomic mass is 19.1. The number of hydrogen-bond acceptors (Lipinski definition) is 2. The molecule has 0 atom stereocenters. The third kappa shape index (κ3) is 6.00. The van der Waals surface area contributed by atoms with Gasteiger partial charge in [-0.05, 0) is 53.1 Å². The van der Waals surface area contributed by atoms with Gasteiger partial charge in [0.2, 0.25) is 5.91 Å². The van der Waals surface area contributed by atoms with Crippen molar-refractivity contribution in [2.45, 2.75) is 13.0 Å². The first kappa shape index (κ1) is 23.4. The molecule has 5 N–H and O–H groups in total. The number of anilines is 1. The van der Waals surface area contributed by atoms with E-state index >= 15 is 0 Å². The maximum Gasteiger partial charge on any atom is 0.268 e. The summed E-state index contributed by atoms with van der Waals surface area (Å²) in [6, 6.07) is 26.7. The summed E-state index contributed by atoms with van der Waals surface area (Å²) in [4.78, 5) is 28.4. The molecule has 1 aromatic heterocycles. The van der Waals surface area contributed by atoms with Crippen molar-refractivity contribution in [3.05, 3.63) is 102 Å². The molecule has 4 aromatic rings. The molecule has 3 aromatic carbocycles. The minimum Gasteiger partial charge on any atom is -0.370 e. The molecule has 0 aliphatic rings. The zero-order valence-electron chi connectivity index (χ0n) is 18.8. The smallest absolute Gasteiger partial charge is 0.268 e. The molecule has 4 rings (SSSR count). The summed E-state index contributed by atoms with van der Waals surface area (Å²) in [6.45, 7) is -0.0411. The number of halogens is 1. The van der Waals surface area contributed by atoms with Gasteiger partial charge in [0.25, 0.3) is 5.91 Å². The van der Waals surface area contributed by atoms with Crippen LogP contribution in [-0.2, 0) is 22.6 Å². The molecule has 0 saturated carbocycles. The Morgan fingerprint density at radius 2 is 1.40 bits per heavy atom. The van der Waals surface area contributed by atoms with Gasteiger partial charge in [-0.2, -0.15) is 4.99 Å². The lowest BCUT2D eigenvalue weighted by Crippen LogP contribution is -2.25. The Kier molecular flexibility index (Phi) is 7.02. The number of nitrogens with two attached hydrogens (primary N) is 2. The van der Waals surface area contributed by atoms with E-state index in [2.05, 4.69) is 10.3 Å². The molecule has 8 heteroatoms. The summed E-state index contributed by atoms with van der Waals surface area (Å²) >= 11 is 0. The van der Waals surface area contributed by atoms with Gasteiger partial charge in [-0.3, -0.25) is 9.59 Å². The predicted molar refractivity (Wildman–Crippen MR) is 135 cm³/mol. The number of aliphatic imine (C=N–C) groups is 1. The Morgan fingerprint density at radius 1 is 0.800 bits per heavy atom. The highest BCUT2D eigenvalue weighted by Gasteiger charge is 2.15. The summed E-state index contributed by atoms with van der Waals surface area (Å²) in [6.07, 6.45) is 0.137. The molecule has 176 valence electrons. The fraction of sp³-hybridized carbons (Fsp3) is 0.0741. The highest BCUT2D eigenvalue weighted by Crippen LogP contribution is 2.30. The van der Waals surface area contributed by atoms with Crippen LogP contribution >= 0.6 is 0 Å². The first-order valence-electron chi connectivity index (χ1n) is 10.9. The van der Waals surface area contributed by atoms with Gasteiger partial charge in [-0.1, -0.05) is 54.6 Å². The quantitative estimate of drug-likeness (QED) is 0.281. The van der Waals surface area contributed by atoms with Crippen molar-refractivity contribution in [1.82, 2.24) is 4.57 Å². The monoisotopic (exact) mass is 469 g/mol. The Bertz CT molecular complexity index is 1360. The van der Waals surface area contributed by atoms with E-state index in [1.165, 1.54) is 12.1 Å². The predicted octanol–water partition coefficient (Wildman–Crippen LogP) is 3.94. The lowest BCUT2D eigenvalue weighted by atomic mass is 10.1. The third-order valence-electron chi connectivity index (χ3n) is 5.34. The highest BCUT2D eigenvalue weighted by molar-refractivity contribution is 5.93. The molecule has 35 heavy (non-hydrogen) atoms.